The van der Waals surface area contributed by atoms with Crippen molar-refractivity contribution in [3.05, 3.63) is 72.6 Å². The average Bonchev–Trinajstić information content (AvgIpc) is 2.85. The minimum absolute atomic E-state index is 0.114. The zero-order valence-electron chi connectivity index (χ0n) is 18.3. The van der Waals surface area contributed by atoms with Crippen molar-refractivity contribution in [3.8, 4) is 11.5 Å². The molecule has 1 unspecified atom stereocenters. The smallest absolute Gasteiger partial charge is 0.323 e. The molecule has 0 fully saturated rings. The molecule has 0 radical (unpaired) electrons. The first kappa shape index (κ1) is 25.4. The number of nitrogens with zero attached hydrogens (tertiary/aromatic N) is 2. The molecule has 1 heterocycles. The predicted molar refractivity (Wildman–Crippen MR) is 125 cm³/mol. The molecule has 35 heavy (non-hydrogen) atoms. The number of carboxylic acids is 1. The lowest BCUT2D eigenvalue weighted by Gasteiger charge is -2.16. The van der Waals surface area contributed by atoms with Crippen LogP contribution in [0.15, 0.2) is 71.9 Å². The van der Waals surface area contributed by atoms with Crippen molar-refractivity contribution in [2.45, 2.75) is 10.9 Å². The summed E-state index contributed by atoms with van der Waals surface area (Å²) in [6.45, 7) is 0.0682. The molecule has 0 aliphatic heterocycles. The quantitative estimate of drug-likeness (QED) is 0.223. The molecule has 1 amide bonds. The zero-order valence-corrected chi connectivity index (χ0v) is 19.1. The van der Waals surface area contributed by atoms with Gasteiger partial charge in [-0.25, -0.2) is 18.4 Å². The first-order valence-corrected chi connectivity index (χ1v) is 11.8. The molecule has 1 atom stereocenters. The fraction of sp³-hybridized carbons (Fsp3) is 0.182. The predicted octanol–water partition coefficient (Wildman–Crippen LogP) is 0.835. The molecule has 0 spiro atoms. The molecule has 0 aliphatic rings. The number of phenolic OH excluding ortho intramolecular Hbond substituents is 1. The summed E-state index contributed by atoms with van der Waals surface area (Å²) in [4.78, 5) is 31.9. The normalized spacial score (nSPS) is 11.9. The maximum atomic E-state index is 12.5. The number of rotatable bonds is 12. The number of carbonyl (C=O) groups is 2. The summed E-state index contributed by atoms with van der Waals surface area (Å²) < 4.78 is 32.3. The molecular formula is C22H23N5O7S. The summed E-state index contributed by atoms with van der Waals surface area (Å²) >= 11 is 0. The molecular weight excluding hydrogens is 478 g/mol. The molecule has 0 bridgehead atoms. The number of benzene rings is 2. The van der Waals surface area contributed by atoms with E-state index in [1.807, 2.05) is 4.72 Å². The van der Waals surface area contributed by atoms with E-state index >= 15 is 0 Å². The number of sulfonamides is 1. The highest BCUT2D eigenvalue weighted by molar-refractivity contribution is 7.89. The second-order valence-electron chi connectivity index (χ2n) is 7.06. The lowest BCUT2D eigenvalue weighted by Crippen LogP contribution is -2.48. The van der Waals surface area contributed by atoms with Crippen LogP contribution in [0.25, 0.3) is 0 Å². The van der Waals surface area contributed by atoms with Crippen LogP contribution in [0.3, 0.4) is 0 Å². The number of aliphatic carboxylic acids is 1. The molecule has 0 aliphatic carbocycles. The topological polar surface area (TPSA) is 180 Å². The number of hydrogen-bond donors (Lipinski definition) is 5. The van der Waals surface area contributed by atoms with Gasteiger partial charge in [-0.15, -0.1) is 0 Å². The van der Waals surface area contributed by atoms with Gasteiger partial charge in [-0.05, 0) is 30.3 Å². The van der Waals surface area contributed by atoms with Crippen molar-refractivity contribution in [2.75, 3.05) is 25.0 Å². The number of amides is 1. The second kappa shape index (κ2) is 11.8. The van der Waals surface area contributed by atoms with Gasteiger partial charge in [-0.1, -0.05) is 18.2 Å². The Morgan fingerprint density at radius 2 is 1.74 bits per heavy atom. The van der Waals surface area contributed by atoms with Crippen molar-refractivity contribution in [2.24, 2.45) is 0 Å². The summed E-state index contributed by atoms with van der Waals surface area (Å²) in [6, 6.07) is 11.3. The molecule has 2 aromatic carbocycles. The molecule has 5 N–H and O–H groups in total. The minimum Gasteiger partial charge on any atom is -0.507 e. The van der Waals surface area contributed by atoms with Gasteiger partial charge in [0, 0.05) is 25.0 Å². The van der Waals surface area contributed by atoms with Gasteiger partial charge in [0.2, 0.25) is 16.0 Å². The number of carboxylic acid groups (broad SMARTS) is 1. The molecule has 3 rings (SSSR count). The number of ether oxygens (including phenoxy) is 1. The molecule has 13 heteroatoms. The summed E-state index contributed by atoms with van der Waals surface area (Å²) in [5, 5.41) is 24.8. The van der Waals surface area contributed by atoms with Gasteiger partial charge in [0.15, 0.2) is 0 Å². The van der Waals surface area contributed by atoms with E-state index < -0.39 is 40.2 Å². The van der Waals surface area contributed by atoms with Crippen LogP contribution in [-0.2, 0) is 14.8 Å². The van der Waals surface area contributed by atoms with E-state index in [0.29, 0.717) is 18.2 Å². The lowest BCUT2D eigenvalue weighted by molar-refractivity contribution is -0.138. The summed E-state index contributed by atoms with van der Waals surface area (Å²) in [6.07, 6.45) is 3.18. The Labute approximate surface area is 201 Å². The molecule has 1 aromatic heterocycles. The first-order valence-electron chi connectivity index (χ1n) is 10.3. The van der Waals surface area contributed by atoms with Crippen molar-refractivity contribution in [1.29, 1.82) is 0 Å². The van der Waals surface area contributed by atoms with Crippen LogP contribution in [0.4, 0.5) is 5.95 Å². The van der Waals surface area contributed by atoms with Crippen molar-refractivity contribution >= 4 is 27.8 Å². The van der Waals surface area contributed by atoms with Gasteiger partial charge < -0.3 is 25.6 Å². The largest absolute Gasteiger partial charge is 0.507 e. The van der Waals surface area contributed by atoms with Crippen LogP contribution < -0.4 is 20.1 Å². The third-order valence-electron chi connectivity index (χ3n) is 4.55. The summed E-state index contributed by atoms with van der Waals surface area (Å²) in [5.74, 6) is -1.92. The van der Waals surface area contributed by atoms with Gasteiger partial charge in [-0.3, -0.25) is 9.59 Å². The highest BCUT2D eigenvalue weighted by Gasteiger charge is 2.26. The number of anilines is 1. The Balaban J connectivity index is 1.53. The highest BCUT2D eigenvalue weighted by atomic mass is 32.2. The Kier molecular flexibility index (Phi) is 8.53. The molecule has 184 valence electrons. The second-order valence-corrected chi connectivity index (χ2v) is 8.78. The Hall–Kier alpha value is -4.23. The number of aromatic nitrogens is 2. The van der Waals surface area contributed by atoms with Crippen LogP contribution in [0.2, 0.25) is 0 Å². The Morgan fingerprint density at radius 1 is 1.03 bits per heavy atom. The van der Waals surface area contributed by atoms with Crippen LogP contribution in [0.1, 0.15) is 10.4 Å². The monoisotopic (exact) mass is 501 g/mol. The van der Waals surface area contributed by atoms with E-state index in [4.69, 9.17) is 4.74 Å². The van der Waals surface area contributed by atoms with Gasteiger partial charge in [0.05, 0.1) is 17.0 Å². The fourth-order valence-corrected chi connectivity index (χ4v) is 4.05. The molecule has 0 saturated heterocycles. The maximum absolute atomic E-state index is 12.5. The lowest BCUT2D eigenvalue weighted by atomic mass is 10.1. The number of phenols is 1. The van der Waals surface area contributed by atoms with Gasteiger partial charge in [0.1, 0.15) is 24.1 Å². The van der Waals surface area contributed by atoms with Crippen molar-refractivity contribution in [1.82, 2.24) is 20.0 Å². The van der Waals surface area contributed by atoms with Crippen LogP contribution in [0, 0.1) is 0 Å². The molecule has 3 aromatic rings. The van der Waals surface area contributed by atoms with E-state index in [2.05, 4.69) is 20.6 Å². The first-order chi connectivity index (χ1) is 16.8. The SMILES string of the molecule is O=C(NCC(NS(=O)(=O)c1ccccc1)C(=O)O)c1ccc(OCCNc2ncccn2)cc1O. The van der Waals surface area contributed by atoms with Crippen LogP contribution >= 0.6 is 0 Å². The maximum Gasteiger partial charge on any atom is 0.323 e. The van der Waals surface area contributed by atoms with E-state index in [-0.39, 0.29) is 17.1 Å². The number of carbonyl (C=O) groups excluding carboxylic acids is 1. The Morgan fingerprint density at radius 3 is 2.40 bits per heavy atom. The van der Waals surface area contributed by atoms with E-state index in [9.17, 15) is 28.2 Å². The van der Waals surface area contributed by atoms with E-state index in [0.717, 1.165) is 0 Å². The number of nitrogens with one attached hydrogen (secondary N) is 3. The standard InChI is InChI=1S/C22H23N5O7S/c28-19-13-15(34-12-11-25-22-23-9-4-10-24-22)7-8-17(19)20(29)26-14-18(21(30)31)27-35(32,33)16-5-2-1-3-6-16/h1-10,13,18,27-28H,11-12,14H2,(H,26,29)(H,30,31)(H,23,24,25). The average molecular weight is 502 g/mol. The van der Waals surface area contributed by atoms with Crippen molar-refractivity contribution < 1.29 is 33.0 Å². The fourth-order valence-electron chi connectivity index (χ4n) is 2.84. The minimum atomic E-state index is -4.12. The summed E-state index contributed by atoms with van der Waals surface area (Å²) in [5.41, 5.74) is -0.136. The van der Waals surface area contributed by atoms with E-state index in [1.54, 1.807) is 24.5 Å². The number of hydrogen-bond acceptors (Lipinski definition) is 9. The van der Waals surface area contributed by atoms with Crippen LogP contribution in [0.5, 0.6) is 11.5 Å². The van der Waals surface area contributed by atoms with Crippen LogP contribution in [-0.4, -0.2) is 66.2 Å². The van der Waals surface area contributed by atoms with E-state index in [1.165, 1.54) is 42.5 Å². The highest BCUT2D eigenvalue weighted by Crippen LogP contribution is 2.23. The Bertz CT molecular complexity index is 1260. The zero-order chi connectivity index (χ0) is 25.3. The third kappa shape index (κ3) is 7.38. The van der Waals surface area contributed by atoms with Gasteiger partial charge >= 0.3 is 5.97 Å². The van der Waals surface area contributed by atoms with Gasteiger partial charge in [-0.2, -0.15) is 4.72 Å². The summed E-state index contributed by atoms with van der Waals surface area (Å²) in [7, 11) is -4.12. The number of aromatic hydroxyl groups is 1. The van der Waals surface area contributed by atoms with Crippen molar-refractivity contribution in [3.63, 3.8) is 0 Å². The molecule has 0 saturated carbocycles. The third-order valence-corrected chi connectivity index (χ3v) is 6.04. The molecule has 12 nitrogen and oxygen atoms in total. The van der Waals surface area contributed by atoms with Gasteiger partial charge in [0.25, 0.3) is 5.91 Å².